The summed E-state index contributed by atoms with van der Waals surface area (Å²) in [4.78, 5) is 17.2. The Morgan fingerprint density at radius 1 is 0.933 bits per heavy atom. The summed E-state index contributed by atoms with van der Waals surface area (Å²) in [5.41, 5.74) is 1.09. The van der Waals surface area contributed by atoms with Gasteiger partial charge in [-0.3, -0.25) is 4.79 Å². The van der Waals surface area contributed by atoms with E-state index < -0.39 is 37.3 Å². The zero-order valence-electron chi connectivity index (χ0n) is 15.8. The summed E-state index contributed by atoms with van der Waals surface area (Å²) in [6.07, 6.45) is -7.02. The largest absolute Gasteiger partial charge is 0.460 e. The highest BCUT2D eigenvalue weighted by molar-refractivity contribution is 6.08. The molecule has 156 valence electrons. The predicted molar refractivity (Wildman–Crippen MR) is 106 cm³/mol. The molecule has 30 heavy (non-hydrogen) atoms. The molecule has 8 heteroatoms. The lowest BCUT2D eigenvalue weighted by Gasteiger charge is -2.39. The van der Waals surface area contributed by atoms with Crippen LogP contribution in [0.3, 0.4) is 0 Å². The Morgan fingerprint density at radius 3 is 2.43 bits per heavy atom. The van der Waals surface area contributed by atoms with Crippen molar-refractivity contribution in [3.63, 3.8) is 0 Å². The Hall–Kier alpha value is -2.88. The monoisotopic (exact) mass is 411 g/mol. The van der Waals surface area contributed by atoms with Gasteiger partial charge in [-0.15, -0.1) is 0 Å². The van der Waals surface area contributed by atoms with Crippen molar-refractivity contribution in [2.24, 2.45) is 0 Å². The van der Waals surface area contributed by atoms with E-state index in [-0.39, 0.29) is 17.2 Å². The number of aliphatic hydroxyl groups excluding tert-OH is 4. The van der Waals surface area contributed by atoms with E-state index in [0.717, 1.165) is 0 Å². The summed E-state index contributed by atoms with van der Waals surface area (Å²) >= 11 is 0. The van der Waals surface area contributed by atoms with Crippen LogP contribution in [0, 0.1) is 0 Å². The van der Waals surface area contributed by atoms with E-state index in [0.29, 0.717) is 16.5 Å². The van der Waals surface area contributed by atoms with Crippen LogP contribution in [0.5, 0.6) is 5.75 Å². The zero-order valence-corrected chi connectivity index (χ0v) is 15.8. The zero-order chi connectivity index (χ0) is 21.3. The number of benzene rings is 2. The van der Waals surface area contributed by atoms with Crippen LogP contribution in [-0.4, -0.2) is 68.5 Å². The summed E-state index contributed by atoms with van der Waals surface area (Å²) < 4.78 is 11.1. The first-order chi connectivity index (χ1) is 14.5. The molecule has 3 aromatic rings. The van der Waals surface area contributed by atoms with Crippen LogP contribution < -0.4 is 4.74 Å². The minimum atomic E-state index is -1.56. The molecule has 8 nitrogen and oxygen atoms in total. The number of aromatic nitrogens is 1. The number of hydrogen-bond donors (Lipinski definition) is 4. The highest BCUT2D eigenvalue weighted by atomic mass is 16.7. The SMILES string of the molecule is O=C(c1ccccc1)c1ccc2cccc(O[C@@H]3O[C@@H](CO)[C@@H](O)[C@@H](O)[C@H]3O)c2n1. The molecule has 5 atom stereocenters. The minimum absolute atomic E-state index is 0.221. The maximum atomic E-state index is 12.7. The number of rotatable bonds is 5. The molecule has 1 aliphatic heterocycles. The standard InChI is InChI=1S/C22H21NO7/c24-11-16-19(26)20(27)21(28)22(30-16)29-15-8-4-7-12-9-10-14(23-17(12)15)18(25)13-5-2-1-3-6-13/h1-10,16,19-22,24,26-28H,11H2/t16-,19+,20+,21+,22+/m0/s1. The average molecular weight is 411 g/mol. The number of ketones is 1. The smallest absolute Gasteiger partial charge is 0.229 e. The number of pyridine rings is 1. The molecular weight excluding hydrogens is 390 g/mol. The van der Waals surface area contributed by atoms with Gasteiger partial charge in [-0.1, -0.05) is 48.5 Å². The van der Waals surface area contributed by atoms with Gasteiger partial charge in [0.1, 0.15) is 41.4 Å². The fraction of sp³-hybridized carbons (Fsp3) is 0.273. The first kappa shape index (κ1) is 20.4. The average Bonchev–Trinajstić information content (AvgIpc) is 2.79. The third-order valence-electron chi connectivity index (χ3n) is 5.04. The maximum Gasteiger partial charge on any atom is 0.229 e. The van der Waals surface area contributed by atoms with Gasteiger partial charge in [-0.2, -0.15) is 0 Å². The lowest BCUT2D eigenvalue weighted by molar-refractivity contribution is -0.277. The highest BCUT2D eigenvalue weighted by Gasteiger charge is 2.44. The number of hydrogen-bond acceptors (Lipinski definition) is 8. The van der Waals surface area contributed by atoms with E-state index >= 15 is 0 Å². The Kier molecular flexibility index (Phi) is 5.76. The van der Waals surface area contributed by atoms with Gasteiger partial charge in [0.25, 0.3) is 0 Å². The molecule has 4 N–H and O–H groups in total. The van der Waals surface area contributed by atoms with Gasteiger partial charge in [-0.25, -0.2) is 4.98 Å². The second-order valence-electron chi connectivity index (χ2n) is 7.03. The Morgan fingerprint density at radius 2 is 1.70 bits per heavy atom. The van der Waals surface area contributed by atoms with Gasteiger partial charge in [0.2, 0.25) is 12.1 Å². The summed E-state index contributed by atoms with van der Waals surface area (Å²) in [6.45, 7) is -0.561. The Labute approximate surface area is 172 Å². The van der Waals surface area contributed by atoms with Crippen LogP contribution in [-0.2, 0) is 4.74 Å². The molecule has 0 bridgehead atoms. The molecule has 0 aliphatic carbocycles. The summed E-state index contributed by atoms with van der Waals surface area (Å²) in [7, 11) is 0. The first-order valence-electron chi connectivity index (χ1n) is 9.46. The van der Waals surface area contributed by atoms with E-state index in [1.54, 1.807) is 54.6 Å². The quantitative estimate of drug-likeness (QED) is 0.450. The molecular formula is C22H21NO7. The summed E-state index contributed by atoms with van der Waals surface area (Å²) in [6, 6.07) is 17.2. The maximum absolute atomic E-state index is 12.7. The molecule has 2 heterocycles. The number of nitrogens with zero attached hydrogens (tertiary/aromatic N) is 1. The molecule has 0 unspecified atom stereocenters. The van der Waals surface area contributed by atoms with Crippen LogP contribution in [0.1, 0.15) is 16.1 Å². The van der Waals surface area contributed by atoms with Crippen molar-refractivity contribution in [3.05, 3.63) is 71.9 Å². The first-order valence-corrected chi connectivity index (χ1v) is 9.46. The molecule has 1 fully saturated rings. The molecule has 0 amide bonds. The van der Waals surface area contributed by atoms with Crippen LogP contribution in [0.15, 0.2) is 60.7 Å². The number of aliphatic hydroxyl groups is 4. The van der Waals surface area contributed by atoms with Crippen molar-refractivity contribution in [1.29, 1.82) is 0 Å². The molecule has 0 spiro atoms. The van der Waals surface area contributed by atoms with E-state index in [1.807, 2.05) is 6.07 Å². The highest BCUT2D eigenvalue weighted by Crippen LogP contribution is 2.29. The van der Waals surface area contributed by atoms with Gasteiger partial charge in [-0.05, 0) is 12.1 Å². The molecule has 1 aliphatic rings. The summed E-state index contributed by atoms with van der Waals surface area (Å²) in [5.74, 6) is -0.0281. The predicted octanol–water partition coefficient (Wildman–Crippen LogP) is 0.644. The lowest BCUT2D eigenvalue weighted by atomic mass is 9.99. The number of fused-ring (bicyclic) bond motifs is 1. The molecule has 2 aromatic carbocycles. The van der Waals surface area contributed by atoms with E-state index in [2.05, 4.69) is 4.98 Å². The van der Waals surface area contributed by atoms with Crippen LogP contribution in [0.4, 0.5) is 0 Å². The molecule has 0 saturated carbocycles. The fourth-order valence-electron chi connectivity index (χ4n) is 3.37. The second kappa shape index (κ2) is 8.47. The van der Waals surface area contributed by atoms with Crippen LogP contribution in [0.2, 0.25) is 0 Å². The molecule has 1 aromatic heterocycles. The number of para-hydroxylation sites is 1. The van der Waals surface area contributed by atoms with Gasteiger partial charge in [0.05, 0.1) is 6.61 Å². The van der Waals surface area contributed by atoms with Gasteiger partial charge in [0, 0.05) is 10.9 Å². The normalized spacial score (nSPS) is 26.5. The molecule has 4 rings (SSSR count). The summed E-state index contributed by atoms with van der Waals surface area (Å²) in [5, 5.41) is 40.2. The van der Waals surface area contributed by atoms with Gasteiger partial charge < -0.3 is 29.9 Å². The van der Waals surface area contributed by atoms with Gasteiger partial charge in [0.15, 0.2) is 0 Å². The number of carbonyl (C=O) groups is 1. The van der Waals surface area contributed by atoms with E-state index in [9.17, 15) is 25.2 Å². The van der Waals surface area contributed by atoms with Crippen molar-refractivity contribution in [2.75, 3.05) is 6.61 Å². The van der Waals surface area contributed by atoms with Crippen molar-refractivity contribution < 1.29 is 34.7 Å². The van der Waals surface area contributed by atoms with Crippen molar-refractivity contribution >= 4 is 16.7 Å². The number of carbonyl (C=O) groups excluding carboxylic acids is 1. The third kappa shape index (κ3) is 3.79. The fourth-order valence-corrected chi connectivity index (χ4v) is 3.37. The van der Waals surface area contributed by atoms with Crippen molar-refractivity contribution in [3.8, 4) is 5.75 Å². The third-order valence-corrected chi connectivity index (χ3v) is 5.04. The minimum Gasteiger partial charge on any atom is -0.460 e. The molecule has 1 saturated heterocycles. The Bertz CT molecular complexity index is 1040. The molecule has 0 radical (unpaired) electrons. The lowest BCUT2D eigenvalue weighted by Crippen LogP contribution is -2.60. The van der Waals surface area contributed by atoms with Crippen molar-refractivity contribution in [2.45, 2.75) is 30.7 Å². The van der Waals surface area contributed by atoms with Gasteiger partial charge >= 0.3 is 0 Å². The van der Waals surface area contributed by atoms with Crippen molar-refractivity contribution in [1.82, 2.24) is 4.98 Å². The number of ether oxygens (including phenoxy) is 2. The van der Waals surface area contributed by atoms with E-state index in [1.165, 1.54) is 0 Å². The van der Waals surface area contributed by atoms with E-state index in [4.69, 9.17) is 9.47 Å². The Balaban J connectivity index is 1.67. The van der Waals surface area contributed by atoms with Crippen LogP contribution >= 0.6 is 0 Å². The second-order valence-corrected chi connectivity index (χ2v) is 7.03. The van der Waals surface area contributed by atoms with Crippen LogP contribution in [0.25, 0.3) is 10.9 Å². The topological polar surface area (TPSA) is 129 Å².